The van der Waals surface area contributed by atoms with E-state index in [0.29, 0.717) is 18.7 Å². The van der Waals surface area contributed by atoms with Crippen molar-refractivity contribution < 1.29 is 18.5 Å². The van der Waals surface area contributed by atoms with Crippen LogP contribution in [0.15, 0.2) is 48.5 Å². The standard InChI is InChI=1S/C25H31FN2O3S/c1-24(2,3)31-23(29)27-25(13-14-25)20-12-11-19(21(26)16-20)17-28-15-7-10-22(32(28)30)18-8-5-4-6-9-18/h4-6,8-9,11-12,16,22H,7,10,13-15,17H2,1-3H3,(H,27,29)/t22-,32?/m1/s1. The smallest absolute Gasteiger partial charge is 0.408 e. The van der Waals surface area contributed by atoms with Gasteiger partial charge in [0.05, 0.1) is 12.1 Å². The molecule has 1 heterocycles. The van der Waals surface area contributed by atoms with Gasteiger partial charge in [-0.3, -0.25) is 0 Å². The molecule has 1 unspecified atom stereocenters. The van der Waals surface area contributed by atoms with E-state index < -0.39 is 28.6 Å². The third-order valence-corrected chi connectivity index (χ3v) is 7.80. The second kappa shape index (κ2) is 9.04. The fraction of sp³-hybridized carbons (Fsp3) is 0.480. The van der Waals surface area contributed by atoms with Gasteiger partial charge in [-0.05, 0) is 51.7 Å². The minimum absolute atomic E-state index is 0.0555. The highest BCUT2D eigenvalue weighted by atomic mass is 32.2. The fourth-order valence-corrected chi connectivity index (χ4v) is 5.88. The van der Waals surface area contributed by atoms with Crippen LogP contribution in [0, 0.1) is 5.82 Å². The van der Waals surface area contributed by atoms with Gasteiger partial charge in [0.25, 0.3) is 0 Å². The highest BCUT2D eigenvalue weighted by molar-refractivity contribution is 7.89. The van der Waals surface area contributed by atoms with Crippen LogP contribution in [0.25, 0.3) is 0 Å². The van der Waals surface area contributed by atoms with E-state index in [2.05, 4.69) is 5.32 Å². The third-order valence-electron chi connectivity index (χ3n) is 5.99. The van der Waals surface area contributed by atoms with Gasteiger partial charge in [0.1, 0.15) is 11.4 Å². The second-order valence-electron chi connectivity index (χ2n) is 9.70. The Kier molecular flexibility index (Phi) is 6.52. The number of amides is 1. The van der Waals surface area contributed by atoms with Gasteiger partial charge in [0.2, 0.25) is 0 Å². The van der Waals surface area contributed by atoms with E-state index in [1.165, 1.54) is 6.07 Å². The number of rotatable bonds is 5. The molecule has 2 aromatic carbocycles. The number of alkyl carbamates (subject to hydrolysis) is 1. The molecule has 32 heavy (non-hydrogen) atoms. The van der Waals surface area contributed by atoms with Gasteiger partial charge >= 0.3 is 6.09 Å². The Morgan fingerprint density at radius 1 is 1.25 bits per heavy atom. The zero-order valence-corrected chi connectivity index (χ0v) is 19.7. The number of nitrogens with zero attached hydrogens (tertiary/aromatic N) is 1. The first-order valence-corrected chi connectivity index (χ1v) is 12.3. The molecule has 1 amide bonds. The molecule has 0 radical (unpaired) electrons. The van der Waals surface area contributed by atoms with E-state index in [0.717, 1.165) is 36.8 Å². The predicted molar refractivity (Wildman–Crippen MR) is 124 cm³/mol. The predicted octanol–water partition coefficient (Wildman–Crippen LogP) is 5.34. The van der Waals surface area contributed by atoms with Crippen LogP contribution in [0.3, 0.4) is 0 Å². The maximum absolute atomic E-state index is 15.0. The lowest BCUT2D eigenvalue weighted by molar-refractivity contribution is 0.0495. The van der Waals surface area contributed by atoms with Crippen LogP contribution in [-0.4, -0.2) is 27.1 Å². The minimum Gasteiger partial charge on any atom is -0.597 e. The van der Waals surface area contributed by atoms with Crippen molar-refractivity contribution in [1.29, 1.82) is 0 Å². The minimum atomic E-state index is -1.21. The molecule has 1 saturated carbocycles. The molecule has 2 fully saturated rings. The van der Waals surface area contributed by atoms with E-state index in [9.17, 15) is 9.35 Å². The Bertz CT molecular complexity index is 959. The molecule has 2 atom stereocenters. The number of benzene rings is 2. The fourth-order valence-electron chi connectivity index (χ4n) is 4.19. The van der Waals surface area contributed by atoms with Gasteiger partial charge in [0.15, 0.2) is 5.25 Å². The number of carbonyl (C=O) groups is 1. The maximum atomic E-state index is 15.0. The van der Waals surface area contributed by atoms with Crippen LogP contribution in [-0.2, 0) is 28.2 Å². The molecule has 1 saturated heterocycles. The zero-order chi connectivity index (χ0) is 22.9. The molecule has 7 heteroatoms. The van der Waals surface area contributed by atoms with Crippen molar-refractivity contribution in [3.8, 4) is 0 Å². The average molecular weight is 459 g/mol. The molecular weight excluding hydrogens is 427 g/mol. The monoisotopic (exact) mass is 458 g/mol. The number of carbonyl (C=O) groups excluding carboxylic acids is 1. The van der Waals surface area contributed by atoms with Crippen molar-refractivity contribution >= 4 is 17.5 Å². The average Bonchev–Trinajstić information content (AvgIpc) is 3.50. The molecule has 0 aromatic heterocycles. The molecule has 2 aromatic rings. The Balaban J connectivity index is 1.44. The highest BCUT2D eigenvalue weighted by Gasteiger charge is 2.47. The van der Waals surface area contributed by atoms with E-state index in [-0.39, 0.29) is 11.1 Å². The van der Waals surface area contributed by atoms with Crippen LogP contribution in [0.4, 0.5) is 9.18 Å². The summed E-state index contributed by atoms with van der Waals surface area (Å²) in [5.41, 5.74) is 1.18. The van der Waals surface area contributed by atoms with E-state index >= 15 is 4.39 Å². The molecule has 4 rings (SSSR count). The molecule has 1 N–H and O–H groups in total. The Labute approximate surface area is 192 Å². The van der Waals surface area contributed by atoms with Crippen molar-refractivity contribution in [1.82, 2.24) is 9.62 Å². The van der Waals surface area contributed by atoms with Gasteiger partial charge < -0.3 is 14.6 Å². The van der Waals surface area contributed by atoms with Crippen molar-refractivity contribution in [2.45, 2.75) is 69.4 Å². The lowest BCUT2D eigenvalue weighted by Crippen LogP contribution is -2.40. The molecule has 172 valence electrons. The van der Waals surface area contributed by atoms with Crippen LogP contribution in [0.1, 0.15) is 68.4 Å². The molecular formula is C25H31FN2O3S. The quantitative estimate of drug-likeness (QED) is 0.614. The van der Waals surface area contributed by atoms with Crippen molar-refractivity contribution in [2.24, 2.45) is 0 Å². The Morgan fingerprint density at radius 2 is 1.97 bits per heavy atom. The highest BCUT2D eigenvalue weighted by Crippen LogP contribution is 2.46. The molecule has 0 bridgehead atoms. The summed E-state index contributed by atoms with van der Waals surface area (Å²) in [6, 6.07) is 15.0. The third kappa shape index (κ3) is 5.27. The van der Waals surface area contributed by atoms with Gasteiger partial charge in [0, 0.05) is 35.5 Å². The second-order valence-corrected chi connectivity index (χ2v) is 11.3. The molecule has 0 spiro atoms. The van der Waals surface area contributed by atoms with Gasteiger partial charge in [-0.2, -0.15) is 0 Å². The summed E-state index contributed by atoms with van der Waals surface area (Å²) in [4.78, 5) is 12.2. The summed E-state index contributed by atoms with van der Waals surface area (Å²) >= 11 is -1.21. The SMILES string of the molecule is CC(C)(C)OC(=O)NC1(c2ccc(CN3CCC[C@H](c4ccccc4)[S+]3[O-])c(F)c2)CC1. The molecule has 2 aliphatic rings. The summed E-state index contributed by atoms with van der Waals surface area (Å²) < 4.78 is 35.4. The molecule has 1 aliphatic heterocycles. The maximum Gasteiger partial charge on any atom is 0.408 e. The lowest BCUT2D eigenvalue weighted by Gasteiger charge is -2.34. The first-order valence-electron chi connectivity index (χ1n) is 11.2. The molecule has 1 aliphatic carbocycles. The zero-order valence-electron chi connectivity index (χ0n) is 18.9. The first kappa shape index (κ1) is 23.1. The molecule has 5 nitrogen and oxygen atoms in total. The van der Waals surface area contributed by atoms with Gasteiger partial charge in [-0.15, -0.1) is 4.31 Å². The largest absolute Gasteiger partial charge is 0.597 e. The number of hydrogen-bond acceptors (Lipinski definition) is 4. The summed E-state index contributed by atoms with van der Waals surface area (Å²) in [5, 5.41) is 2.86. The lowest BCUT2D eigenvalue weighted by atomic mass is 10.0. The number of hydrogen-bond donors (Lipinski definition) is 1. The van der Waals surface area contributed by atoms with Gasteiger partial charge in [-0.25, -0.2) is 9.18 Å². The summed E-state index contributed by atoms with van der Waals surface area (Å²) in [6.07, 6.45) is 2.80. The summed E-state index contributed by atoms with van der Waals surface area (Å²) in [6.45, 7) is 6.42. The van der Waals surface area contributed by atoms with E-state index in [4.69, 9.17) is 4.74 Å². The van der Waals surface area contributed by atoms with Crippen molar-refractivity contribution in [2.75, 3.05) is 6.54 Å². The Morgan fingerprint density at radius 3 is 2.59 bits per heavy atom. The van der Waals surface area contributed by atoms with Crippen LogP contribution >= 0.6 is 0 Å². The van der Waals surface area contributed by atoms with Crippen LogP contribution in [0.5, 0.6) is 0 Å². The van der Waals surface area contributed by atoms with Crippen molar-refractivity contribution in [3.05, 3.63) is 71.0 Å². The van der Waals surface area contributed by atoms with E-state index in [1.807, 2.05) is 61.5 Å². The number of ether oxygens (including phenoxy) is 1. The Hall–Kier alpha value is -2.09. The summed E-state index contributed by atoms with van der Waals surface area (Å²) in [5.74, 6) is -0.335. The first-order chi connectivity index (χ1) is 15.2. The number of nitrogens with one attached hydrogen (secondary N) is 1. The van der Waals surface area contributed by atoms with Gasteiger partial charge in [-0.1, -0.05) is 42.5 Å². The van der Waals surface area contributed by atoms with Crippen LogP contribution < -0.4 is 5.32 Å². The topological polar surface area (TPSA) is 64.6 Å². The van der Waals surface area contributed by atoms with Crippen molar-refractivity contribution in [3.63, 3.8) is 0 Å². The number of halogens is 1. The normalized spacial score (nSPS) is 22.9. The van der Waals surface area contributed by atoms with Crippen LogP contribution in [0.2, 0.25) is 0 Å². The van der Waals surface area contributed by atoms with E-state index in [1.54, 1.807) is 6.07 Å². The summed E-state index contributed by atoms with van der Waals surface area (Å²) in [7, 11) is 0.